The normalized spacial score (nSPS) is 13.4. The molecule has 7 heteroatoms. The Morgan fingerprint density at radius 3 is 2.68 bits per heavy atom. The molecule has 0 bridgehead atoms. The number of benzene rings is 1. The molecule has 0 spiro atoms. The number of aliphatic carboxylic acids is 1. The number of hydrogen-bond acceptors (Lipinski definition) is 4. The van der Waals surface area contributed by atoms with E-state index in [1.807, 2.05) is 0 Å². The van der Waals surface area contributed by atoms with Gasteiger partial charge in [0.2, 0.25) is 0 Å². The van der Waals surface area contributed by atoms with E-state index in [0.717, 1.165) is 0 Å². The number of carbonyl (C=O) groups is 1. The van der Waals surface area contributed by atoms with Gasteiger partial charge in [0.25, 0.3) is 0 Å². The van der Waals surface area contributed by atoms with E-state index in [9.17, 15) is 15.0 Å². The molecule has 19 heavy (non-hydrogen) atoms. The third kappa shape index (κ3) is 4.59. The molecular formula is C12H15N3O4. The molecule has 0 saturated carbocycles. The molecular weight excluding hydrogens is 250 g/mol. The minimum absolute atomic E-state index is 0.0593. The molecule has 1 rings (SSSR count). The van der Waals surface area contributed by atoms with Crippen LogP contribution < -0.4 is 0 Å². The molecule has 0 aromatic heterocycles. The number of rotatable bonds is 7. The second-order valence-corrected chi connectivity index (χ2v) is 4.02. The van der Waals surface area contributed by atoms with Crippen LogP contribution in [0.15, 0.2) is 29.4 Å². The minimum Gasteiger partial charge on any atom is -0.481 e. The summed E-state index contributed by atoms with van der Waals surface area (Å²) in [7, 11) is 0. The molecule has 0 amide bonds. The van der Waals surface area contributed by atoms with E-state index < -0.39 is 18.2 Å². The molecule has 0 aliphatic heterocycles. The summed E-state index contributed by atoms with van der Waals surface area (Å²) >= 11 is 0. The van der Waals surface area contributed by atoms with Crippen molar-refractivity contribution in [2.45, 2.75) is 25.0 Å². The zero-order valence-corrected chi connectivity index (χ0v) is 10.2. The minimum atomic E-state index is -1.22. The third-order valence-electron chi connectivity index (χ3n) is 2.68. The van der Waals surface area contributed by atoms with Crippen LogP contribution in [0.25, 0.3) is 10.4 Å². The molecule has 2 atom stereocenters. The first-order valence-electron chi connectivity index (χ1n) is 5.73. The van der Waals surface area contributed by atoms with Crippen molar-refractivity contribution in [3.05, 3.63) is 45.8 Å². The van der Waals surface area contributed by atoms with E-state index >= 15 is 0 Å². The Hall–Kier alpha value is -2.08. The van der Waals surface area contributed by atoms with Gasteiger partial charge in [0, 0.05) is 11.3 Å². The molecule has 2 unspecified atom stereocenters. The summed E-state index contributed by atoms with van der Waals surface area (Å²) in [4.78, 5) is 13.1. The van der Waals surface area contributed by atoms with Crippen LogP contribution in [0.4, 0.5) is 0 Å². The van der Waals surface area contributed by atoms with E-state index in [-0.39, 0.29) is 19.4 Å². The van der Waals surface area contributed by atoms with Gasteiger partial charge < -0.3 is 15.3 Å². The van der Waals surface area contributed by atoms with E-state index in [1.54, 1.807) is 24.3 Å². The lowest BCUT2D eigenvalue weighted by atomic mass is 9.96. The average molecular weight is 265 g/mol. The fraction of sp³-hybridized carbons (Fsp3) is 0.417. The van der Waals surface area contributed by atoms with Crippen LogP contribution in [0.2, 0.25) is 0 Å². The van der Waals surface area contributed by atoms with Gasteiger partial charge >= 0.3 is 5.97 Å². The van der Waals surface area contributed by atoms with Gasteiger partial charge in [-0.15, -0.1) is 0 Å². The highest BCUT2D eigenvalue weighted by atomic mass is 16.4. The zero-order valence-electron chi connectivity index (χ0n) is 10.2. The number of aliphatic hydroxyl groups is 2. The van der Waals surface area contributed by atoms with E-state index in [0.29, 0.717) is 11.1 Å². The maximum Gasteiger partial charge on any atom is 0.303 e. The van der Waals surface area contributed by atoms with Crippen molar-refractivity contribution in [2.24, 2.45) is 5.11 Å². The lowest BCUT2D eigenvalue weighted by molar-refractivity contribution is -0.136. The first-order chi connectivity index (χ1) is 9.06. The van der Waals surface area contributed by atoms with Crippen molar-refractivity contribution in [1.82, 2.24) is 0 Å². The molecule has 102 valence electrons. The summed E-state index contributed by atoms with van der Waals surface area (Å²) in [5, 5.41) is 31.5. The molecule has 0 aliphatic carbocycles. The predicted octanol–water partition coefficient (Wildman–Crippen LogP) is 1.41. The number of carboxylic acids is 1. The monoisotopic (exact) mass is 265 g/mol. The van der Waals surface area contributed by atoms with E-state index in [1.165, 1.54) is 0 Å². The summed E-state index contributed by atoms with van der Waals surface area (Å²) < 4.78 is 0. The number of hydrogen-bond donors (Lipinski definition) is 3. The van der Waals surface area contributed by atoms with Crippen molar-refractivity contribution in [3.8, 4) is 0 Å². The van der Waals surface area contributed by atoms with Crippen LogP contribution in [0.1, 0.15) is 23.7 Å². The standard InChI is InChI=1S/C12H15N3O4/c13-15-14-7-10(16)12(19)9-4-2-1-3-8(9)5-6-11(17)18/h1-4,10,12,16,19H,5-7H2,(H,17,18). The summed E-state index contributed by atoms with van der Waals surface area (Å²) in [6.45, 7) is -0.245. The Morgan fingerprint density at radius 1 is 1.37 bits per heavy atom. The summed E-state index contributed by atoms with van der Waals surface area (Å²) in [5.41, 5.74) is 9.27. The van der Waals surface area contributed by atoms with Crippen LogP contribution in [-0.4, -0.2) is 33.9 Å². The van der Waals surface area contributed by atoms with Crippen LogP contribution in [0, 0.1) is 0 Å². The molecule has 0 heterocycles. The summed E-state index contributed by atoms with van der Waals surface area (Å²) in [6.07, 6.45) is -2.23. The molecule has 0 fully saturated rings. The smallest absolute Gasteiger partial charge is 0.303 e. The van der Waals surface area contributed by atoms with Gasteiger partial charge in [-0.3, -0.25) is 4.79 Å². The largest absolute Gasteiger partial charge is 0.481 e. The number of nitrogens with zero attached hydrogens (tertiary/aromatic N) is 3. The molecule has 0 saturated heterocycles. The number of aryl methyl sites for hydroxylation is 1. The van der Waals surface area contributed by atoms with Gasteiger partial charge in [-0.25, -0.2) is 0 Å². The first-order valence-corrected chi connectivity index (χ1v) is 5.73. The predicted molar refractivity (Wildman–Crippen MR) is 67.4 cm³/mol. The Balaban J connectivity index is 2.85. The molecule has 7 nitrogen and oxygen atoms in total. The lowest BCUT2D eigenvalue weighted by Gasteiger charge is -2.19. The topological polar surface area (TPSA) is 127 Å². The van der Waals surface area contributed by atoms with Crippen molar-refractivity contribution in [3.63, 3.8) is 0 Å². The lowest BCUT2D eigenvalue weighted by Crippen LogP contribution is -2.22. The SMILES string of the molecule is [N-]=[N+]=NCC(O)C(O)c1ccccc1CCC(=O)O. The average Bonchev–Trinajstić information content (AvgIpc) is 2.42. The van der Waals surface area contributed by atoms with Crippen molar-refractivity contribution < 1.29 is 20.1 Å². The Labute approximate surface area is 109 Å². The van der Waals surface area contributed by atoms with Gasteiger partial charge in [-0.05, 0) is 23.1 Å². The molecule has 1 aromatic rings. The maximum absolute atomic E-state index is 10.6. The van der Waals surface area contributed by atoms with Gasteiger partial charge in [0.05, 0.1) is 12.6 Å². The highest BCUT2D eigenvalue weighted by Crippen LogP contribution is 2.22. The van der Waals surface area contributed by atoms with Crippen LogP contribution in [0.3, 0.4) is 0 Å². The molecule has 0 radical (unpaired) electrons. The van der Waals surface area contributed by atoms with Crippen molar-refractivity contribution in [2.75, 3.05) is 6.54 Å². The fourth-order valence-electron chi connectivity index (χ4n) is 1.72. The number of azide groups is 1. The summed E-state index contributed by atoms with van der Waals surface area (Å²) in [6, 6.07) is 6.72. The Kier molecular flexibility index (Phi) is 5.81. The van der Waals surface area contributed by atoms with Crippen LogP contribution in [0.5, 0.6) is 0 Å². The quantitative estimate of drug-likeness (QED) is 0.391. The van der Waals surface area contributed by atoms with Crippen LogP contribution in [-0.2, 0) is 11.2 Å². The second kappa shape index (κ2) is 7.38. The molecule has 0 aliphatic rings. The van der Waals surface area contributed by atoms with E-state index in [2.05, 4.69) is 10.0 Å². The van der Waals surface area contributed by atoms with Gasteiger partial charge in [0.15, 0.2) is 0 Å². The number of carboxylic acid groups (broad SMARTS) is 1. The van der Waals surface area contributed by atoms with Crippen molar-refractivity contribution >= 4 is 5.97 Å². The molecule has 3 N–H and O–H groups in total. The number of aliphatic hydroxyl groups excluding tert-OH is 2. The van der Waals surface area contributed by atoms with Gasteiger partial charge in [-0.1, -0.05) is 29.4 Å². The molecule has 1 aromatic carbocycles. The zero-order chi connectivity index (χ0) is 14.3. The summed E-state index contributed by atoms with van der Waals surface area (Å²) in [5.74, 6) is -0.932. The first kappa shape index (κ1) is 15.0. The third-order valence-corrected chi connectivity index (χ3v) is 2.68. The van der Waals surface area contributed by atoms with E-state index in [4.69, 9.17) is 10.6 Å². The highest BCUT2D eigenvalue weighted by Gasteiger charge is 2.20. The Morgan fingerprint density at radius 2 is 2.05 bits per heavy atom. The van der Waals surface area contributed by atoms with Crippen molar-refractivity contribution in [1.29, 1.82) is 0 Å². The maximum atomic E-state index is 10.6. The van der Waals surface area contributed by atoms with Gasteiger partial charge in [-0.2, -0.15) is 0 Å². The fourth-order valence-corrected chi connectivity index (χ4v) is 1.72. The Bertz CT molecular complexity index is 486. The van der Waals surface area contributed by atoms with Gasteiger partial charge in [0.1, 0.15) is 6.10 Å². The van der Waals surface area contributed by atoms with Crippen LogP contribution >= 0.6 is 0 Å². The highest BCUT2D eigenvalue weighted by molar-refractivity contribution is 5.67. The second-order valence-electron chi connectivity index (χ2n) is 4.02.